The van der Waals surface area contributed by atoms with Crippen LogP contribution in [0.1, 0.15) is 12.0 Å². The number of halogens is 2. The first-order chi connectivity index (χ1) is 7.96. The highest BCUT2D eigenvalue weighted by molar-refractivity contribution is 9.10. The first-order valence-electron chi connectivity index (χ1n) is 5.55. The molecule has 0 aromatic heterocycles. The van der Waals surface area contributed by atoms with Gasteiger partial charge in [-0.1, -0.05) is 28.1 Å². The highest BCUT2D eigenvalue weighted by Gasteiger charge is 2.32. The van der Waals surface area contributed by atoms with Crippen LogP contribution in [0.15, 0.2) is 28.7 Å². The van der Waals surface area contributed by atoms with Gasteiger partial charge in [-0.05, 0) is 36.5 Å². The third-order valence-electron chi connectivity index (χ3n) is 3.12. The van der Waals surface area contributed by atoms with Crippen molar-refractivity contribution in [2.75, 3.05) is 11.5 Å². The van der Waals surface area contributed by atoms with Gasteiger partial charge in [-0.3, -0.25) is 0 Å². The SMILES string of the molecule is O=S1(=O)CCC(C(Cl)Cc2ccc(Br)cc2)C1. The fourth-order valence-electron chi connectivity index (χ4n) is 2.12. The second-order valence-electron chi connectivity index (χ2n) is 4.51. The first kappa shape index (κ1) is 13.4. The van der Waals surface area contributed by atoms with Crippen molar-refractivity contribution >= 4 is 37.4 Å². The molecule has 2 unspecified atom stereocenters. The molecular weight excluding hydrogens is 324 g/mol. The minimum Gasteiger partial charge on any atom is -0.229 e. The number of alkyl halides is 1. The van der Waals surface area contributed by atoms with Crippen LogP contribution in [-0.2, 0) is 16.3 Å². The maximum absolute atomic E-state index is 11.4. The Morgan fingerprint density at radius 2 is 2.00 bits per heavy atom. The van der Waals surface area contributed by atoms with Gasteiger partial charge in [0.2, 0.25) is 0 Å². The fraction of sp³-hybridized carbons (Fsp3) is 0.500. The molecule has 0 saturated carbocycles. The largest absolute Gasteiger partial charge is 0.229 e. The Kier molecular flexibility index (Phi) is 4.16. The molecular formula is C12H14BrClO2S. The summed E-state index contributed by atoms with van der Waals surface area (Å²) in [6.45, 7) is 0. The fourth-order valence-corrected chi connectivity index (χ4v) is 4.76. The summed E-state index contributed by atoms with van der Waals surface area (Å²) in [5, 5.41) is -0.0894. The van der Waals surface area contributed by atoms with E-state index in [1.165, 1.54) is 0 Å². The van der Waals surface area contributed by atoms with Crippen molar-refractivity contribution in [1.82, 2.24) is 0 Å². The van der Waals surface area contributed by atoms with Gasteiger partial charge in [0.15, 0.2) is 9.84 Å². The number of sulfone groups is 1. The molecule has 2 nitrogen and oxygen atoms in total. The second kappa shape index (κ2) is 5.29. The summed E-state index contributed by atoms with van der Waals surface area (Å²) in [7, 11) is -2.83. The molecule has 1 aromatic carbocycles. The molecule has 1 heterocycles. The molecule has 0 radical (unpaired) electrons. The van der Waals surface area contributed by atoms with Crippen LogP contribution in [0, 0.1) is 5.92 Å². The number of hydrogen-bond acceptors (Lipinski definition) is 2. The van der Waals surface area contributed by atoms with Gasteiger partial charge in [-0.2, -0.15) is 0 Å². The molecule has 0 bridgehead atoms. The number of rotatable bonds is 3. The van der Waals surface area contributed by atoms with Crippen molar-refractivity contribution in [2.24, 2.45) is 5.92 Å². The lowest BCUT2D eigenvalue weighted by Crippen LogP contribution is -2.18. The molecule has 1 aromatic rings. The molecule has 0 amide bonds. The van der Waals surface area contributed by atoms with Gasteiger partial charge in [0.1, 0.15) is 0 Å². The Balaban J connectivity index is 1.98. The lowest BCUT2D eigenvalue weighted by atomic mass is 9.98. The van der Waals surface area contributed by atoms with Crippen molar-refractivity contribution < 1.29 is 8.42 Å². The maximum atomic E-state index is 11.4. The molecule has 1 aliphatic rings. The number of hydrogen-bond donors (Lipinski definition) is 0. The molecule has 17 heavy (non-hydrogen) atoms. The topological polar surface area (TPSA) is 34.1 Å². The molecule has 0 spiro atoms. The zero-order chi connectivity index (χ0) is 12.5. The van der Waals surface area contributed by atoms with Crippen LogP contribution in [0.5, 0.6) is 0 Å². The van der Waals surface area contributed by atoms with Gasteiger partial charge < -0.3 is 0 Å². The molecule has 1 aliphatic heterocycles. The van der Waals surface area contributed by atoms with Crippen molar-refractivity contribution in [2.45, 2.75) is 18.2 Å². The zero-order valence-corrected chi connectivity index (χ0v) is 12.4. The first-order valence-corrected chi connectivity index (χ1v) is 8.60. The Labute approximate surface area is 115 Å². The molecule has 2 atom stereocenters. The monoisotopic (exact) mass is 336 g/mol. The van der Waals surface area contributed by atoms with Gasteiger partial charge >= 0.3 is 0 Å². The van der Waals surface area contributed by atoms with Gasteiger partial charge in [0.25, 0.3) is 0 Å². The van der Waals surface area contributed by atoms with Crippen LogP contribution in [0.3, 0.4) is 0 Å². The predicted octanol–water partition coefficient (Wildman–Crippen LogP) is 3.03. The van der Waals surface area contributed by atoms with Crippen LogP contribution in [0.4, 0.5) is 0 Å². The summed E-state index contributed by atoms with van der Waals surface area (Å²) in [5.41, 5.74) is 1.15. The average molecular weight is 338 g/mol. The molecule has 0 N–H and O–H groups in total. The van der Waals surface area contributed by atoms with Crippen LogP contribution in [0.2, 0.25) is 0 Å². The van der Waals surface area contributed by atoms with E-state index < -0.39 is 9.84 Å². The quantitative estimate of drug-likeness (QED) is 0.795. The Hall–Kier alpha value is -0.0600. The average Bonchev–Trinajstić information content (AvgIpc) is 2.62. The minimum atomic E-state index is -2.83. The van der Waals surface area contributed by atoms with E-state index in [-0.39, 0.29) is 17.0 Å². The molecule has 5 heteroatoms. The van der Waals surface area contributed by atoms with E-state index in [1.807, 2.05) is 24.3 Å². The van der Waals surface area contributed by atoms with Crippen molar-refractivity contribution in [3.05, 3.63) is 34.3 Å². The second-order valence-corrected chi connectivity index (χ2v) is 8.21. The summed E-state index contributed by atoms with van der Waals surface area (Å²) in [6, 6.07) is 7.99. The predicted molar refractivity (Wildman–Crippen MR) is 74.2 cm³/mol. The number of benzene rings is 1. The third kappa shape index (κ3) is 3.70. The lowest BCUT2D eigenvalue weighted by molar-refractivity contribution is 0.550. The van der Waals surface area contributed by atoms with E-state index >= 15 is 0 Å². The molecule has 0 aliphatic carbocycles. The smallest absolute Gasteiger partial charge is 0.150 e. The molecule has 1 fully saturated rings. The summed E-state index contributed by atoms with van der Waals surface area (Å²) in [4.78, 5) is 0. The summed E-state index contributed by atoms with van der Waals surface area (Å²) < 4.78 is 23.8. The van der Waals surface area contributed by atoms with Gasteiger partial charge in [-0.25, -0.2) is 8.42 Å². The van der Waals surface area contributed by atoms with Gasteiger partial charge in [0, 0.05) is 9.85 Å². The minimum absolute atomic E-state index is 0.0894. The van der Waals surface area contributed by atoms with E-state index in [0.29, 0.717) is 12.2 Å². The van der Waals surface area contributed by atoms with E-state index in [9.17, 15) is 8.42 Å². The molecule has 1 saturated heterocycles. The van der Waals surface area contributed by atoms with Crippen LogP contribution in [0.25, 0.3) is 0 Å². The van der Waals surface area contributed by atoms with Crippen molar-refractivity contribution in [1.29, 1.82) is 0 Å². The third-order valence-corrected chi connectivity index (χ3v) is 5.96. The summed E-state index contributed by atoms with van der Waals surface area (Å²) in [6.07, 6.45) is 1.43. The summed E-state index contributed by atoms with van der Waals surface area (Å²) >= 11 is 9.69. The highest BCUT2D eigenvalue weighted by Crippen LogP contribution is 2.27. The van der Waals surface area contributed by atoms with Gasteiger partial charge in [0.05, 0.1) is 11.5 Å². The summed E-state index contributed by atoms with van der Waals surface area (Å²) in [5.74, 6) is 0.643. The van der Waals surface area contributed by atoms with Crippen molar-refractivity contribution in [3.8, 4) is 0 Å². The van der Waals surface area contributed by atoms with E-state index in [1.54, 1.807) is 0 Å². The highest BCUT2D eigenvalue weighted by atomic mass is 79.9. The molecule has 94 valence electrons. The van der Waals surface area contributed by atoms with E-state index in [0.717, 1.165) is 16.5 Å². The zero-order valence-electron chi connectivity index (χ0n) is 9.27. The molecule has 2 rings (SSSR count). The van der Waals surface area contributed by atoms with Gasteiger partial charge in [-0.15, -0.1) is 11.6 Å². The Bertz CT molecular complexity index is 484. The van der Waals surface area contributed by atoms with Crippen LogP contribution < -0.4 is 0 Å². The Morgan fingerprint density at radius 1 is 1.35 bits per heavy atom. The van der Waals surface area contributed by atoms with E-state index in [2.05, 4.69) is 15.9 Å². The van der Waals surface area contributed by atoms with Crippen LogP contribution in [-0.4, -0.2) is 25.3 Å². The lowest BCUT2D eigenvalue weighted by Gasteiger charge is -2.15. The van der Waals surface area contributed by atoms with E-state index in [4.69, 9.17) is 11.6 Å². The maximum Gasteiger partial charge on any atom is 0.150 e. The Morgan fingerprint density at radius 3 is 2.53 bits per heavy atom. The van der Waals surface area contributed by atoms with Crippen molar-refractivity contribution in [3.63, 3.8) is 0 Å². The normalized spacial score (nSPS) is 24.7. The van der Waals surface area contributed by atoms with Crippen LogP contribution >= 0.6 is 27.5 Å². The standard InChI is InChI=1S/C12H14BrClO2S/c13-11-3-1-9(2-4-11)7-12(14)10-5-6-17(15,16)8-10/h1-4,10,12H,5-8H2.